The van der Waals surface area contributed by atoms with Gasteiger partial charge < -0.3 is 14.4 Å². The number of aryl methyl sites for hydroxylation is 2. The molecule has 5 rings (SSSR count). The summed E-state index contributed by atoms with van der Waals surface area (Å²) in [6.07, 6.45) is 0. The summed E-state index contributed by atoms with van der Waals surface area (Å²) in [6, 6.07) is 17.8. The number of fused-ring (bicyclic) bond motifs is 1. The number of rotatable bonds is 7. The molecule has 1 aliphatic rings. The standard InChI is InChI=1S/C25H24N4O3S2/c1-17-6-3-4-8-21(17)29-18(2)26-27-25(29)34-16-24(30)28(15-20-7-5-13-33-20)19-9-10-22-23(14-19)32-12-11-31-22/h3-10,13-14H,11-12,15-16H2,1-2H3. The van der Waals surface area contributed by atoms with Gasteiger partial charge in [0.2, 0.25) is 5.91 Å². The monoisotopic (exact) mass is 492 g/mol. The van der Waals surface area contributed by atoms with Gasteiger partial charge in [-0.3, -0.25) is 9.36 Å². The SMILES string of the molecule is Cc1ccccc1-n1c(C)nnc1SCC(=O)N(Cc1cccs1)c1ccc2c(c1)OCCO2. The van der Waals surface area contributed by atoms with Gasteiger partial charge in [0.05, 0.1) is 18.0 Å². The number of para-hydroxylation sites is 1. The predicted molar refractivity (Wildman–Crippen MR) is 134 cm³/mol. The molecule has 0 radical (unpaired) electrons. The van der Waals surface area contributed by atoms with Crippen molar-refractivity contribution < 1.29 is 14.3 Å². The minimum absolute atomic E-state index is 0.0212. The molecule has 0 saturated heterocycles. The molecule has 0 atom stereocenters. The highest BCUT2D eigenvalue weighted by Gasteiger charge is 2.22. The van der Waals surface area contributed by atoms with Gasteiger partial charge in [-0.2, -0.15) is 0 Å². The molecule has 4 aromatic rings. The summed E-state index contributed by atoms with van der Waals surface area (Å²) in [5.74, 6) is 2.35. The van der Waals surface area contributed by atoms with E-state index in [1.807, 2.05) is 65.4 Å². The molecule has 7 nitrogen and oxygen atoms in total. The van der Waals surface area contributed by atoms with Gasteiger partial charge >= 0.3 is 0 Å². The van der Waals surface area contributed by atoms with Crippen LogP contribution in [0.4, 0.5) is 5.69 Å². The Hall–Kier alpha value is -3.30. The number of amides is 1. The lowest BCUT2D eigenvalue weighted by Gasteiger charge is -2.25. The first kappa shape index (κ1) is 22.5. The summed E-state index contributed by atoms with van der Waals surface area (Å²) in [5.41, 5.74) is 2.91. The van der Waals surface area contributed by atoms with E-state index in [1.165, 1.54) is 11.8 Å². The third-order valence-electron chi connectivity index (χ3n) is 5.51. The molecule has 0 spiro atoms. The van der Waals surface area contributed by atoms with Crippen LogP contribution in [0.2, 0.25) is 0 Å². The van der Waals surface area contributed by atoms with Crippen molar-refractivity contribution in [2.45, 2.75) is 25.5 Å². The summed E-state index contributed by atoms with van der Waals surface area (Å²) in [6.45, 7) is 5.49. The molecule has 1 aliphatic heterocycles. The zero-order valence-electron chi connectivity index (χ0n) is 18.9. The van der Waals surface area contributed by atoms with Crippen molar-refractivity contribution >= 4 is 34.7 Å². The summed E-state index contributed by atoms with van der Waals surface area (Å²) in [5, 5.41) is 11.3. The maximum Gasteiger partial charge on any atom is 0.237 e. The maximum atomic E-state index is 13.5. The van der Waals surface area contributed by atoms with Crippen LogP contribution in [0.5, 0.6) is 11.5 Å². The van der Waals surface area contributed by atoms with Gasteiger partial charge in [0.1, 0.15) is 19.0 Å². The molecule has 2 aromatic heterocycles. The van der Waals surface area contributed by atoms with Crippen LogP contribution >= 0.6 is 23.1 Å². The molecule has 0 unspecified atom stereocenters. The minimum atomic E-state index is -0.0212. The number of anilines is 1. The van der Waals surface area contributed by atoms with Gasteiger partial charge in [-0.1, -0.05) is 36.0 Å². The first-order valence-corrected chi connectivity index (χ1v) is 12.8. The van der Waals surface area contributed by atoms with Crippen LogP contribution in [0, 0.1) is 13.8 Å². The second-order valence-electron chi connectivity index (χ2n) is 7.83. The largest absolute Gasteiger partial charge is 0.486 e. The van der Waals surface area contributed by atoms with E-state index >= 15 is 0 Å². The number of nitrogens with zero attached hydrogens (tertiary/aromatic N) is 4. The number of thioether (sulfide) groups is 1. The van der Waals surface area contributed by atoms with Gasteiger partial charge in [0.15, 0.2) is 16.7 Å². The molecule has 0 saturated carbocycles. The van der Waals surface area contributed by atoms with E-state index in [-0.39, 0.29) is 11.7 Å². The maximum absolute atomic E-state index is 13.5. The van der Waals surface area contributed by atoms with Gasteiger partial charge in [-0.25, -0.2) is 0 Å². The Morgan fingerprint density at radius 3 is 2.68 bits per heavy atom. The number of hydrogen-bond donors (Lipinski definition) is 0. The summed E-state index contributed by atoms with van der Waals surface area (Å²) in [7, 11) is 0. The first-order chi connectivity index (χ1) is 16.6. The van der Waals surface area contributed by atoms with E-state index in [0.717, 1.165) is 27.6 Å². The molecule has 1 amide bonds. The Morgan fingerprint density at radius 1 is 1.06 bits per heavy atom. The molecule has 0 bridgehead atoms. The molecule has 9 heteroatoms. The van der Waals surface area contributed by atoms with E-state index in [1.54, 1.807) is 16.2 Å². The Balaban J connectivity index is 1.40. The van der Waals surface area contributed by atoms with Gasteiger partial charge in [-0.15, -0.1) is 21.5 Å². The lowest BCUT2D eigenvalue weighted by atomic mass is 10.2. The summed E-state index contributed by atoms with van der Waals surface area (Å²) < 4.78 is 13.4. The Labute approximate surface area is 206 Å². The molecular weight excluding hydrogens is 468 g/mol. The minimum Gasteiger partial charge on any atom is -0.486 e. The van der Waals surface area contributed by atoms with Gasteiger partial charge in [0.25, 0.3) is 0 Å². The quantitative estimate of drug-likeness (QED) is 0.337. The van der Waals surface area contributed by atoms with E-state index in [2.05, 4.69) is 23.2 Å². The Kier molecular flexibility index (Phi) is 6.55. The number of carbonyl (C=O) groups is 1. The molecule has 174 valence electrons. The van der Waals surface area contributed by atoms with Crippen molar-refractivity contribution in [2.24, 2.45) is 0 Å². The Morgan fingerprint density at radius 2 is 1.88 bits per heavy atom. The van der Waals surface area contributed by atoms with Crippen LogP contribution in [0.3, 0.4) is 0 Å². The zero-order valence-corrected chi connectivity index (χ0v) is 20.6. The number of aromatic nitrogens is 3. The van der Waals surface area contributed by atoms with Crippen LogP contribution in [0.1, 0.15) is 16.3 Å². The second-order valence-corrected chi connectivity index (χ2v) is 9.80. The van der Waals surface area contributed by atoms with Crippen LogP contribution in [0.25, 0.3) is 5.69 Å². The van der Waals surface area contributed by atoms with E-state index < -0.39 is 0 Å². The van der Waals surface area contributed by atoms with Gasteiger partial charge in [0, 0.05) is 16.6 Å². The van der Waals surface area contributed by atoms with Crippen molar-refractivity contribution in [2.75, 3.05) is 23.9 Å². The third kappa shape index (κ3) is 4.67. The molecule has 0 fully saturated rings. The van der Waals surface area contributed by atoms with Crippen molar-refractivity contribution in [1.29, 1.82) is 0 Å². The van der Waals surface area contributed by atoms with Crippen LogP contribution < -0.4 is 14.4 Å². The van der Waals surface area contributed by atoms with E-state index in [0.29, 0.717) is 36.4 Å². The van der Waals surface area contributed by atoms with Crippen molar-refractivity contribution in [1.82, 2.24) is 14.8 Å². The topological polar surface area (TPSA) is 69.5 Å². The van der Waals surface area contributed by atoms with Gasteiger partial charge in [-0.05, 0) is 49.1 Å². The van der Waals surface area contributed by atoms with Crippen molar-refractivity contribution in [3.8, 4) is 17.2 Å². The summed E-state index contributed by atoms with van der Waals surface area (Å²) in [4.78, 5) is 16.4. The fraction of sp³-hybridized carbons (Fsp3) is 0.240. The second kappa shape index (κ2) is 9.90. The number of thiophene rings is 1. The lowest BCUT2D eigenvalue weighted by molar-refractivity contribution is -0.116. The van der Waals surface area contributed by atoms with Crippen molar-refractivity contribution in [3.05, 3.63) is 76.2 Å². The molecule has 0 aliphatic carbocycles. The smallest absolute Gasteiger partial charge is 0.237 e. The molecule has 3 heterocycles. The highest BCUT2D eigenvalue weighted by atomic mass is 32.2. The predicted octanol–water partition coefficient (Wildman–Crippen LogP) is 5.04. The molecular formula is C25H24N4O3S2. The molecule has 2 aromatic carbocycles. The summed E-state index contributed by atoms with van der Waals surface area (Å²) >= 11 is 3.02. The fourth-order valence-corrected chi connectivity index (χ4v) is 5.37. The number of ether oxygens (including phenoxy) is 2. The van der Waals surface area contributed by atoms with Crippen molar-refractivity contribution in [3.63, 3.8) is 0 Å². The normalized spacial score (nSPS) is 12.5. The first-order valence-electron chi connectivity index (χ1n) is 10.9. The van der Waals surface area contributed by atoms with Crippen LogP contribution in [0.15, 0.2) is 65.1 Å². The molecule has 0 N–H and O–H groups in total. The number of hydrogen-bond acceptors (Lipinski definition) is 7. The fourth-order valence-electron chi connectivity index (χ4n) is 3.81. The Bertz CT molecular complexity index is 1300. The number of benzene rings is 2. The molecule has 34 heavy (non-hydrogen) atoms. The van der Waals surface area contributed by atoms with Crippen LogP contribution in [-0.4, -0.2) is 39.6 Å². The zero-order chi connectivity index (χ0) is 23.5. The van der Waals surface area contributed by atoms with E-state index in [9.17, 15) is 4.79 Å². The average Bonchev–Trinajstić information content (AvgIpc) is 3.50. The number of carbonyl (C=O) groups excluding carboxylic acids is 1. The average molecular weight is 493 g/mol. The van der Waals surface area contributed by atoms with E-state index in [4.69, 9.17) is 9.47 Å². The highest BCUT2D eigenvalue weighted by Crippen LogP contribution is 2.35. The lowest BCUT2D eigenvalue weighted by Crippen LogP contribution is -2.32. The highest BCUT2D eigenvalue weighted by molar-refractivity contribution is 7.99. The van der Waals surface area contributed by atoms with Crippen LogP contribution in [-0.2, 0) is 11.3 Å². The third-order valence-corrected chi connectivity index (χ3v) is 7.28.